The van der Waals surface area contributed by atoms with E-state index < -0.39 is 5.41 Å². The van der Waals surface area contributed by atoms with Gasteiger partial charge in [-0.3, -0.25) is 4.79 Å². The standard InChI is InChI=1S/C15H19FN2O/c1-18-10-12(11-4-2-3-5-13(11)16)15(14(18)19)6-8-17-9-7-15/h2-5,12,17H,6-10H2,1H3. The number of hydrogen-bond donors (Lipinski definition) is 1. The summed E-state index contributed by atoms with van der Waals surface area (Å²) >= 11 is 0. The monoisotopic (exact) mass is 262 g/mol. The number of amides is 1. The molecule has 1 aromatic carbocycles. The Labute approximate surface area is 112 Å². The number of piperidine rings is 1. The van der Waals surface area contributed by atoms with Crippen LogP contribution in [0, 0.1) is 11.2 Å². The van der Waals surface area contributed by atoms with Gasteiger partial charge in [0.2, 0.25) is 5.91 Å². The van der Waals surface area contributed by atoms with Crippen molar-refractivity contribution in [1.29, 1.82) is 0 Å². The normalized spacial score (nSPS) is 26.1. The lowest BCUT2D eigenvalue weighted by Crippen LogP contribution is -2.44. The third kappa shape index (κ3) is 1.86. The van der Waals surface area contributed by atoms with Gasteiger partial charge in [-0.2, -0.15) is 0 Å². The number of nitrogens with one attached hydrogen (secondary N) is 1. The molecule has 1 unspecified atom stereocenters. The zero-order valence-electron chi connectivity index (χ0n) is 11.2. The second-order valence-electron chi connectivity index (χ2n) is 5.67. The molecule has 1 aromatic rings. The molecule has 1 amide bonds. The van der Waals surface area contributed by atoms with Crippen molar-refractivity contribution in [2.45, 2.75) is 18.8 Å². The molecular formula is C15H19FN2O. The summed E-state index contributed by atoms with van der Waals surface area (Å²) in [5.41, 5.74) is 0.296. The van der Waals surface area contributed by atoms with Crippen molar-refractivity contribution in [1.82, 2.24) is 10.2 Å². The van der Waals surface area contributed by atoms with Crippen molar-refractivity contribution in [2.24, 2.45) is 5.41 Å². The maximum Gasteiger partial charge on any atom is 0.229 e. The van der Waals surface area contributed by atoms with E-state index in [0.29, 0.717) is 12.1 Å². The summed E-state index contributed by atoms with van der Waals surface area (Å²) < 4.78 is 14.1. The zero-order chi connectivity index (χ0) is 13.5. The highest BCUT2D eigenvalue weighted by atomic mass is 19.1. The first-order valence-corrected chi connectivity index (χ1v) is 6.86. The number of carbonyl (C=O) groups is 1. The molecule has 19 heavy (non-hydrogen) atoms. The molecule has 3 rings (SSSR count). The Kier molecular flexibility index (Phi) is 3.05. The van der Waals surface area contributed by atoms with Gasteiger partial charge in [0.1, 0.15) is 5.82 Å². The fourth-order valence-corrected chi connectivity index (χ4v) is 3.65. The first kappa shape index (κ1) is 12.6. The topological polar surface area (TPSA) is 32.3 Å². The Hall–Kier alpha value is -1.42. The van der Waals surface area contributed by atoms with Gasteiger partial charge in [-0.1, -0.05) is 18.2 Å². The quantitative estimate of drug-likeness (QED) is 0.836. The van der Waals surface area contributed by atoms with Crippen LogP contribution in [-0.2, 0) is 4.79 Å². The molecule has 2 aliphatic heterocycles. The highest BCUT2D eigenvalue weighted by Crippen LogP contribution is 2.49. The molecule has 2 heterocycles. The number of nitrogens with zero attached hydrogens (tertiary/aromatic N) is 1. The average molecular weight is 262 g/mol. The van der Waals surface area contributed by atoms with E-state index in [9.17, 15) is 9.18 Å². The largest absolute Gasteiger partial charge is 0.345 e. The van der Waals surface area contributed by atoms with Crippen molar-refractivity contribution in [2.75, 3.05) is 26.7 Å². The van der Waals surface area contributed by atoms with Crippen LogP contribution in [0.3, 0.4) is 0 Å². The molecule has 1 atom stereocenters. The lowest BCUT2D eigenvalue weighted by molar-refractivity contribution is -0.136. The van der Waals surface area contributed by atoms with Crippen molar-refractivity contribution < 1.29 is 9.18 Å². The first-order valence-electron chi connectivity index (χ1n) is 6.86. The van der Waals surface area contributed by atoms with Gasteiger partial charge in [0.05, 0.1) is 5.41 Å². The van der Waals surface area contributed by atoms with Crippen LogP contribution in [0.25, 0.3) is 0 Å². The molecule has 4 heteroatoms. The molecule has 2 aliphatic rings. The number of carbonyl (C=O) groups excluding carboxylic acids is 1. The van der Waals surface area contributed by atoms with Gasteiger partial charge >= 0.3 is 0 Å². The van der Waals surface area contributed by atoms with E-state index in [1.807, 2.05) is 19.2 Å². The Morgan fingerprint density at radius 3 is 2.68 bits per heavy atom. The Bertz CT molecular complexity index is 497. The summed E-state index contributed by atoms with van der Waals surface area (Å²) in [7, 11) is 1.83. The minimum absolute atomic E-state index is 0.0201. The number of likely N-dealkylation sites (N-methyl/N-ethyl adjacent to an activating group) is 1. The Morgan fingerprint density at radius 1 is 1.32 bits per heavy atom. The molecule has 2 saturated heterocycles. The lowest BCUT2D eigenvalue weighted by atomic mass is 9.68. The number of halogens is 1. The highest BCUT2D eigenvalue weighted by Gasteiger charge is 2.53. The summed E-state index contributed by atoms with van der Waals surface area (Å²) in [6, 6.07) is 6.88. The maximum absolute atomic E-state index is 14.1. The molecule has 102 valence electrons. The van der Waals surface area contributed by atoms with Crippen LogP contribution >= 0.6 is 0 Å². The smallest absolute Gasteiger partial charge is 0.229 e. The molecule has 1 N–H and O–H groups in total. The van der Waals surface area contributed by atoms with Crippen LogP contribution < -0.4 is 5.32 Å². The van der Waals surface area contributed by atoms with Gasteiger partial charge in [-0.25, -0.2) is 4.39 Å². The van der Waals surface area contributed by atoms with Crippen molar-refractivity contribution in [3.8, 4) is 0 Å². The molecule has 0 saturated carbocycles. The van der Waals surface area contributed by atoms with Gasteiger partial charge < -0.3 is 10.2 Å². The summed E-state index contributed by atoms with van der Waals surface area (Å²) in [4.78, 5) is 14.3. The predicted octanol–water partition coefficient (Wildman–Crippen LogP) is 1.75. The van der Waals surface area contributed by atoms with Gasteiger partial charge in [-0.05, 0) is 37.6 Å². The van der Waals surface area contributed by atoms with Gasteiger partial charge in [-0.15, -0.1) is 0 Å². The molecule has 0 aromatic heterocycles. The van der Waals surface area contributed by atoms with Crippen LogP contribution in [0.2, 0.25) is 0 Å². The third-order valence-electron chi connectivity index (χ3n) is 4.67. The molecule has 0 aliphatic carbocycles. The Morgan fingerprint density at radius 2 is 2.00 bits per heavy atom. The fourth-order valence-electron chi connectivity index (χ4n) is 3.65. The molecule has 0 radical (unpaired) electrons. The Balaban J connectivity index is 2.04. The van der Waals surface area contributed by atoms with Crippen LogP contribution in [0.5, 0.6) is 0 Å². The van der Waals surface area contributed by atoms with E-state index in [1.54, 1.807) is 11.0 Å². The van der Waals surface area contributed by atoms with Crippen LogP contribution in [0.4, 0.5) is 4.39 Å². The molecule has 3 nitrogen and oxygen atoms in total. The zero-order valence-corrected chi connectivity index (χ0v) is 11.2. The van der Waals surface area contributed by atoms with Gasteiger partial charge in [0.25, 0.3) is 0 Å². The van der Waals surface area contributed by atoms with Gasteiger partial charge in [0, 0.05) is 19.5 Å². The first-order chi connectivity index (χ1) is 9.15. The van der Waals surface area contributed by atoms with E-state index >= 15 is 0 Å². The second-order valence-corrected chi connectivity index (χ2v) is 5.67. The van der Waals surface area contributed by atoms with E-state index in [4.69, 9.17) is 0 Å². The van der Waals surface area contributed by atoms with Crippen molar-refractivity contribution in [3.05, 3.63) is 35.6 Å². The molecule has 2 fully saturated rings. The molecule has 1 spiro atoms. The fraction of sp³-hybridized carbons (Fsp3) is 0.533. The SMILES string of the molecule is CN1CC(c2ccccc2F)C2(CCNCC2)C1=O. The molecule has 0 bridgehead atoms. The van der Waals surface area contributed by atoms with E-state index in [1.165, 1.54) is 6.07 Å². The lowest BCUT2D eigenvalue weighted by Gasteiger charge is -2.36. The summed E-state index contributed by atoms with van der Waals surface area (Å²) in [5.74, 6) is -0.0240. The van der Waals surface area contributed by atoms with Crippen LogP contribution in [-0.4, -0.2) is 37.5 Å². The summed E-state index contributed by atoms with van der Waals surface area (Å²) in [5, 5.41) is 3.29. The van der Waals surface area contributed by atoms with E-state index in [-0.39, 0.29) is 17.6 Å². The van der Waals surface area contributed by atoms with Crippen molar-refractivity contribution >= 4 is 5.91 Å². The number of benzene rings is 1. The number of rotatable bonds is 1. The van der Waals surface area contributed by atoms with Crippen LogP contribution in [0.1, 0.15) is 24.3 Å². The highest BCUT2D eigenvalue weighted by molar-refractivity contribution is 5.86. The maximum atomic E-state index is 14.1. The minimum atomic E-state index is -0.401. The predicted molar refractivity (Wildman–Crippen MR) is 71.3 cm³/mol. The third-order valence-corrected chi connectivity index (χ3v) is 4.67. The van der Waals surface area contributed by atoms with E-state index in [0.717, 1.165) is 25.9 Å². The summed E-state index contributed by atoms with van der Waals surface area (Å²) in [6.45, 7) is 2.30. The minimum Gasteiger partial charge on any atom is -0.345 e. The van der Waals surface area contributed by atoms with Gasteiger partial charge in [0.15, 0.2) is 0 Å². The van der Waals surface area contributed by atoms with Crippen molar-refractivity contribution in [3.63, 3.8) is 0 Å². The molecular weight excluding hydrogens is 243 g/mol. The van der Waals surface area contributed by atoms with E-state index in [2.05, 4.69) is 5.32 Å². The average Bonchev–Trinajstić information content (AvgIpc) is 2.66. The van der Waals surface area contributed by atoms with Crippen LogP contribution in [0.15, 0.2) is 24.3 Å². The second kappa shape index (κ2) is 4.60. The number of hydrogen-bond acceptors (Lipinski definition) is 2. The summed E-state index contributed by atoms with van der Waals surface area (Å²) in [6.07, 6.45) is 1.60. The number of likely N-dealkylation sites (tertiary alicyclic amines) is 1.